The first kappa shape index (κ1) is 25.2. The fraction of sp³-hybridized carbons (Fsp3) is 0.444. The SMILES string of the molecule is COCCN1C(=O)N[C@@](Cc2ccccc2Cl)(C2CCN(C(=O)c3cc(C)cc(C)c3)CC2)C1=O. The van der Waals surface area contributed by atoms with Crippen LogP contribution in [0.15, 0.2) is 42.5 Å². The number of nitrogens with one attached hydrogen (secondary N) is 1. The summed E-state index contributed by atoms with van der Waals surface area (Å²) in [6.07, 6.45) is 1.51. The van der Waals surface area contributed by atoms with E-state index in [0.717, 1.165) is 16.7 Å². The summed E-state index contributed by atoms with van der Waals surface area (Å²) in [5.41, 5.74) is 2.49. The molecule has 0 unspecified atom stereocenters. The number of carbonyl (C=O) groups excluding carboxylic acids is 3. The lowest BCUT2D eigenvalue weighted by Gasteiger charge is -2.41. The number of halogens is 1. The van der Waals surface area contributed by atoms with Crippen LogP contribution in [0.2, 0.25) is 5.02 Å². The minimum absolute atomic E-state index is 0.00101. The molecule has 2 saturated heterocycles. The highest BCUT2D eigenvalue weighted by Crippen LogP contribution is 2.38. The highest BCUT2D eigenvalue weighted by Gasteiger charge is 2.56. The Morgan fingerprint density at radius 1 is 1.11 bits per heavy atom. The second kappa shape index (κ2) is 10.4. The number of likely N-dealkylation sites (tertiary alicyclic amines) is 1. The van der Waals surface area contributed by atoms with Crippen molar-refractivity contribution in [3.63, 3.8) is 0 Å². The zero-order valence-corrected chi connectivity index (χ0v) is 21.2. The van der Waals surface area contributed by atoms with Crippen molar-refractivity contribution >= 4 is 29.4 Å². The normalized spacial score (nSPS) is 20.9. The predicted octanol–water partition coefficient (Wildman–Crippen LogP) is 3.99. The van der Waals surface area contributed by atoms with Gasteiger partial charge in [-0.3, -0.25) is 14.5 Å². The molecule has 0 bridgehead atoms. The van der Waals surface area contributed by atoms with E-state index in [-0.39, 0.29) is 30.9 Å². The standard InChI is InChI=1S/C27H32ClN3O4/c1-18-14-19(2)16-21(15-18)24(32)30-10-8-22(9-11-30)27(17-20-6-4-5-7-23(20)28)25(33)31(12-13-35-3)26(34)29-27/h4-7,14-16,22H,8-13,17H2,1-3H3,(H,29,34)/t27-/m0/s1. The van der Waals surface area contributed by atoms with Crippen molar-refractivity contribution < 1.29 is 19.1 Å². The monoisotopic (exact) mass is 497 g/mol. The fourth-order valence-corrected chi connectivity index (χ4v) is 5.57. The van der Waals surface area contributed by atoms with Crippen LogP contribution in [0.25, 0.3) is 0 Å². The molecule has 0 saturated carbocycles. The Morgan fingerprint density at radius 2 is 1.77 bits per heavy atom. The number of carbonyl (C=O) groups is 3. The van der Waals surface area contributed by atoms with E-state index in [1.807, 2.05) is 55.1 Å². The number of rotatable bonds is 7. The van der Waals surface area contributed by atoms with Crippen LogP contribution in [0.4, 0.5) is 4.79 Å². The van der Waals surface area contributed by atoms with E-state index in [1.165, 1.54) is 12.0 Å². The van der Waals surface area contributed by atoms with Crippen LogP contribution in [-0.2, 0) is 16.0 Å². The van der Waals surface area contributed by atoms with Crippen LogP contribution in [0, 0.1) is 19.8 Å². The van der Waals surface area contributed by atoms with E-state index >= 15 is 0 Å². The molecule has 0 aliphatic carbocycles. The molecule has 35 heavy (non-hydrogen) atoms. The predicted molar refractivity (Wildman–Crippen MR) is 135 cm³/mol. The van der Waals surface area contributed by atoms with Gasteiger partial charge in [-0.25, -0.2) is 4.79 Å². The van der Waals surface area contributed by atoms with Gasteiger partial charge < -0.3 is 15.0 Å². The fourth-order valence-electron chi connectivity index (χ4n) is 5.37. The van der Waals surface area contributed by atoms with Crippen molar-refractivity contribution in [1.82, 2.24) is 15.1 Å². The molecule has 4 rings (SSSR count). The Hall–Kier alpha value is -2.90. The van der Waals surface area contributed by atoms with Gasteiger partial charge in [0.15, 0.2) is 0 Å². The second-order valence-electron chi connectivity index (χ2n) is 9.56. The number of hydrogen-bond acceptors (Lipinski definition) is 4. The Kier molecular flexibility index (Phi) is 7.47. The molecule has 1 atom stereocenters. The smallest absolute Gasteiger partial charge is 0.325 e. The zero-order valence-electron chi connectivity index (χ0n) is 20.5. The molecular weight excluding hydrogens is 466 g/mol. The van der Waals surface area contributed by atoms with Crippen LogP contribution >= 0.6 is 11.6 Å². The summed E-state index contributed by atoms with van der Waals surface area (Å²) in [7, 11) is 1.54. The van der Waals surface area contributed by atoms with Crippen molar-refractivity contribution in [3.05, 3.63) is 69.7 Å². The third-order valence-electron chi connectivity index (χ3n) is 7.10. The lowest BCUT2D eigenvalue weighted by molar-refractivity contribution is -0.134. The number of piperidine rings is 1. The third-order valence-corrected chi connectivity index (χ3v) is 7.46. The van der Waals surface area contributed by atoms with Crippen molar-refractivity contribution in [2.45, 2.75) is 38.6 Å². The lowest BCUT2D eigenvalue weighted by atomic mass is 9.73. The van der Waals surface area contributed by atoms with Gasteiger partial charge in [0.2, 0.25) is 0 Å². The van der Waals surface area contributed by atoms with E-state index in [1.54, 1.807) is 6.07 Å². The van der Waals surface area contributed by atoms with Gasteiger partial charge in [-0.05, 0) is 56.4 Å². The molecule has 8 heteroatoms. The summed E-state index contributed by atoms with van der Waals surface area (Å²) in [6.45, 7) is 5.46. The van der Waals surface area contributed by atoms with E-state index in [0.29, 0.717) is 42.9 Å². The number of ether oxygens (including phenoxy) is 1. The second-order valence-corrected chi connectivity index (χ2v) is 9.97. The summed E-state index contributed by atoms with van der Waals surface area (Å²) in [6, 6.07) is 12.9. The molecule has 186 valence electrons. The van der Waals surface area contributed by atoms with Crippen LogP contribution in [0.5, 0.6) is 0 Å². The van der Waals surface area contributed by atoms with Crippen LogP contribution < -0.4 is 5.32 Å². The van der Waals surface area contributed by atoms with Gasteiger partial charge in [-0.2, -0.15) is 0 Å². The van der Waals surface area contributed by atoms with Gasteiger partial charge in [-0.15, -0.1) is 0 Å². The molecule has 7 nitrogen and oxygen atoms in total. The first-order valence-corrected chi connectivity index (χ1v) is 12.4. The molecule has 2 aliphatic rings. The number of imide groups is 1. The maximum atomic E-state index is 13.7. The first-order valence-electron chi connectivity index (χ1n) is 12.0. The minimum Gasteiger partial charge on any atom is -0.383 e. The van der Waals surface area contributed by atoms with Crippen LogP contribution in [-0.4, -0.2) is 66.5 Å². The number of aryl methyl sites for hydroxylation is 2. The van der Waals surface area contributed by atoms with E-state index < -0.39 is 11.6 Å². The summed E-state index contributed by atoms with van der Waals surface area (Å²) < 4.78 is 5.11. The van der Waals surface area contributed by atoms with Crippen molar-refractivity contribution in [2.24, 2.45) is 5.92 Å². The Morgan fingerprint density at radius 3 is 2.40 bits per heavy atom. The first-order chi connectivity index (χ1) is 16.7. The number of hydrogen-bond donors (Lipinski definition) is 1. The molecule has 0 aromatic heterocycles. The third kappa shape index (κ3) is 5.07. The summed E-state index contributed by atoms with van der Waals surface area (Å²) in [5.74, 6) is -0.386. The van der Waals surface area contributed by atoms with E-state index in [2.05, 4.69) is 5.32 Å². The lowest BCUT2D eigenvalue weighted by Crippen LogP contribution is -2.58. The maximum Gasteiger partial charge on any atom is 0.325 e. The highest BCUT2D eigenvalue weighted by atomic mass is 35.5. The maximum absolute atomic E-state index is 13.7. The molecule has 2 aliphatic heterocycles. The van der Waals surface area contributed by atoms with Crippen molar-refractivity contribution in [2.75, 3.05) is 33.4 Å². The number of benzene rings is 2. The average Bonchev–Trinajstić information content (AvgIpc) is 3.07. The van der Waals surface area contributed by atoms with Gasteiger partial charge >= 0.3 is 6.03 Å². The number of urea groups is 1. The Bertz CT molecular complexity index is 1110. The summed E-state index contributed by atoms with van der Waals surface area (Å²) >= 11 is 6.46. The molecule has 2 heterocycles. The topological polar surface area (TPSA) is 79.0 Å². The number of amides is 4. The van der Waals surface area contributed by atoms with Crippen molar-refractivity contribution in [1.29, 1.82) is 0 Å². The Labute approximate surface area is 211 Å². The quantitative estimate of drug-likeness (QED) is 0.587. The van der Waals surface area contributed by atoms with Gasteiger partial charge in [-0.1, -0.05) is 47.0 Å². The van der Waals surface area contributed by atoms with Gasteiger partial charge in [0.05, 0.1) is 13.2 Å². The number of nitrogens with zero attached hydrogens (tertiary/aromatic N) is 2. The summed E-state index contributed by atoms with van der Waals surface area (Å²) in [4.78, 5) is 42.9. The average molecular weight is 498 g/mol. The molecule has 0 spiro atoms. The van der Waals surface area contributed by atoms with Crippen LogP contribution in [0.3, 0.4) is 0 Å². The van der Waals surface area contributed by atoms with Gasteiger partial charge in [0.25, 0.3) is 11.8 Å². The molecule has 2 aromatic rings. The molecule has 2 fully saturated rings. The van der Waals surface area contributed by atoms with Gasteiger partial charge in [0.1, 0.15) is 5.54 Å². The van der Waals surface area contributed by atoms with E-state index in [4.69, 9.17) is 16.3 Å². The summed E-state index contributed by atoms with van der Waals surface area (Å²) in [5, 5.41) is 3.59. The molecule has 2 aromatic carbocycles. The molecule has 1 N–H and O–H groups in total. The largest absolute Gasteiger partial charge is 0.383 e. The zero-order chi connectivity index (χ0) is 25.2. The molecule has 4 amide bonds. The number of methoxy groups -OCH3 is 1. The highest BCUT2D eigenvalue weighted by molar-refractivity contribution is 6.31. The van der Waals surface area contributed by atoms with Crippen LogP contribution in [0.1, 0.15) is 39.9 Å². The molecule has 0 radical (unpaired) electrons. The molecular formula is C27H32ClN3O4. The minimum atomic E-state index is -1.11. The van der Waals surface area contributed by atoms with Crippen molar-refractivity contribution in [3.8, 4) is 0 Å². The van der Waals surface area contributed by atoms with E-state index in [9.17, 15) is 14.4 Å². The van der Waals surface area contributed by atoms with Gasteiger partial charge in [0, 0.05) is 37.2 Å². The Balaban J connectivity index is 1.57.